The number of amides is 1. The summed E-state index contributed by atoms with van der Waals surface area (Å²) in [7, 11) is -3.82. The lowest BCUT2D eigenvalue weighted by atomic mass is 9.65. The van der Waals surface area contributed by atoms with Crippen LogP contribution in [0.15, 0.2) is 53.4 Å². The molecule has 0 radical (unpaired) electrons. The van der Waals surface area contributed by atoms with Gasteiger partial charge in [-0.25, -0.2) is 13.6 Å². The molecule has 4 N–H and O–H groups in total. The van der Waals surface area contributed by atoms with Gasteiger partial charge in [-0.05, 0) is 42.9 Å². The lowest BCUT2D eigenvalue weighted by molar-refractivity contribution is -0.125. The van der Waals surface area contributed by atoms with Crippen molar-refractivity contribution < 1.29 is 13.2 Å². The number of carbonyl (C=O) groups is 1. The Bertz CT molecular complexity index is 932. The van der Waals surface area contributed by atoms with Gasteiger partial charge in [0.05, 0.1) is 10.3 Å². The van der Waals surface area contributed by atoms with E-state index in [9.17, 15) is 13.2 Å². The van der Waals surface area contributed by atoms with Gasteiger partial charge in [0.25, 0.3) is 0 Å². The average Bonchev–Trinajstić information content (AvgIpc) is 2.67. The van der Waals surface area contributed by atoms with E-state index in [0.717, 1.165) is 36.8 Å². The Morgan fingerprint density at radius 2 is 1.59 bits per heavy atom. The predicted molar refractivity (Wildman–Crippen MR) is 106 cm³/mol. The Hall–Kier alpha value is -2.18. The van der Waals surface area contributed by atoms with Gasteiger partial charge in [0.15, 0.2) is 0 Å². The molecular formula is C21H26N2O3S. The summed E-state index contributed by atoms with van der Waals surface area (Å²) < 4.78 is 23.7. The average molecular weight is 387 g/mol. The third-order valence-corrected chi connectivity index (χ3v) is 6.89. The lowest BCUT2D eigenvalue weighted by Crippen LogP contribution is -2.45. The van der Waals surface area contributed by atoms with Gasteiger partial charge in [0.1, 0.15) is 0 Å². The Morgan fingerprint density at radius 1 is 1.00 bits per heavy atom. The molecule has 3 rings (SSSR count). The van der Waals surface area contributed by atoms with Crippen molar-refractivity contribution in [2.45, 2.75) is 49.3 Å². The fraction of sp³-hybridized carbons (Fsp3) is 0.381. The van der Waals surface area contributed by atoms with E-state index in [1.165, 1.54) is 12.5 Å². The first kappa shape index (κ1) is 19.6. The van der Waals surface area contributed by atoms with Crippen LogP contribution in [0.2, 0.25) is 0 Å². The van der Waals surface area contributed by atoms with Crippen LogP contribution in [0.25, 0.3) is 11.1 Å². The summed E-state index contributed by atoms with van der Waals surface area (Å²) in [6, 6.07) is 14.1. The second-order valence-electron chi connectivity index (χ2n) is 7.52. The molecule has 1 fully saturated rings. The smallest absolute Gasteiger partial charge is 0.238 e. The van der Waals surface area contributed by atoms with Crippen molar-refractivity contribution in [2.75, 3.05) is 0 Å². The van der Waals surface area contributed by atoms with E-state index in [2.05, 4.69) is 0 Å². The maximum Gasteiger partial charge on any atom is 0.238 e. The highest BCUT2D eigenvalue weighted by Gasteiger charge is 2.41. The van der Waals surface area contributed by atoms with Crippen LogP contribution in [-0.2, 0) is 20.2 Å². The maximum absolute atomic E-state index is 12.4. The molecule has 0 aromatic heterocycles. The summed E-state index contributed by atoms with van der Waals surface area (Å²) in [6.45, 7) is 1.93. The molecule has 0 saturated heterocycles. The van der Waals surface area contributed by atoms with Gasteiger partial charge in [-0.2, -0.15) is 0 Å². The summed E-state index contributed by atoms with van der Waals surface area (Å²) in [6.07, 6.45) is 5.43. The highest BCUT2D eigenvalue weighted by atomic mass is 32.2. The van der Waals surface area contributed by atoms with Crippen molar-refractivity contribution >= 4 is 15.9 Å². The van der Waals surface area contributed by atoms with E-state index in [0.29, 0.717) is 5.56 Å². The zero-order valence-corrected chi connectivity index (χ0v) is 16.3. The summed E-state index contributed by atoms with van der Waals surface area (Å²) in [5, 5.41) is 5.34. The van der Waals surface area contributed by atoms with E-state index < -0.39 is 15.4 Å². The summed E-state index contributed by atoms with van der Waals surface area (Å²) in [5.41, 5.74) is 7.26. The highest BCUT2D eigenvalue weighted by molar-refractivity contribution is 7.89. The molecule has 0 heterocycles. The van der Waals surface area contributed by atoms with Crippen LogP contribution < -0.4 is 10.9 Å². The standard InChI is InChI=1S/C21H26N2O3S/c1-21(20(22)24,16-7-3-2-4-8-16)17-13-11-15(12-14-17)18-9-5-6-10-19(18)27(23,25)26/h5-6,9-14,16H,2-4,7-8H2,1H3,(H2,22,24)(H2,23,25,26). The largest absolute Gasteiger partial charge is 0.369 e. The molecule has 1 amide bonds. The van der Waals surface area contributed by atoms with Gasteiger partial charge in [-0.3, -0.25) is 4.79 Å². The predicted octanol–water partition coefficient (Wildman–Crippen LogP) is 3.32. The Labute approximate surface area is 160 Å². The second kappa shape index (κ2) is 7.44. The maximum atomic E-state index is 12.4. The molecule has 1 aliphatic rings. The van der Waals surface area contributed by atoms with Crippen molar-refractivity contribution in [3.63, 3.8) is 0 Å². The lowest BCUT2D eigenvalue weighted by Gasteiger charge is -2.38. The number of primary sulfonamides is 1. The third kappa shape index (κ3) is 3.77. The van der Waals surface area contributed by atoms with Gasteiger partial charge in [-0.15, -0.1) is 0 Å². The first-order valence-corrected chi connectivity index (χ1v) is 10.8. The van der Waals surface area contributed by atoms with Gasteiger partial charge in [0.2, 0.25) is 15.9 Å². The first-order chi connectivity index (χ1) is 12.7. The molecule has 1 aliphatic carbocycles. The fourth-order valence-electron chi connectivity index (χ4n) is 4.21. The molecular weight excluding hydrogens is 360 g/mol. The van der Waals surface area contributed by atoms with Crippen LogP contribution in [0.4, 0.5) is 0 Å². The Kier molecular flexibility index (Phi) is 5.40. The summed E-state index contributed by atoms with van der Waals surface area (Å²) >= 11 is 0. The van der Waals surface area contributed by atoms with E-state index >= 15 is 0 Å². The van der Waals surface area contributed by atoms with Crippen molar-refractivity contribution in [1.29, 1.82) is 0 Å². The number of sulfonamides is 1. The van der Waals surface area contributed by atoms with Crippen molar-refractivity contribution in [1.82, 2.24) is 0 Å². The zero-order valence-electron chi connectivity index (χ0n) is 15.5. The minimum Gasteiger partial charge on any atom is -0.369 e. The van der Waals surface area contributed by atoms with Crippen LogP contribution >= 0.6 is 0 Å². The van der Waals surface area contributed by atoms with E-state index in [1.54, 1.807) is 18.2 Å². The second-order valence-corrected chi connectivity index (χ2v) is 9.05. The molecule has 5 nitrogen and oxygen atoms in total. The number of carbonyl (C=O) groups excluding carboxylic acids is 1. The van der Waals surface area contributed by atoms with E-state index in [1.807, 2.05) is 31.2 Å². The molecule has 144 valence electrons. The molecule has 2 aromatic rings. The zero-order chi connectivity index (χ0) is 19.7. The van der Waals surface area contributed by atoms with Gasteiger partial charge >= 0.3 is 0 Å². The quantitative estimate of drug-likeness (QED) is 0.823. The van der Waals surface area contributed by atoms with Crippen LogP contribution in [-0.4, -0.2) is 14.3 Å². The molecule has 0 spiro atoms. The number of hydrogen-bond donors (Lipinski definition) is 2. The van der Waals surface area contributed by atoms with Gasteiger partial charge in [0, 0.05) is 5.56 Å². The number of rotatable bonds is 5. The number of primary amides is 1. The van der Waals surface area contributed by atoms with Crippen molar-refractivity contribution in [3.8, 4) is 11.1 Å². The van der Waals surface area contributed by atoms with Crippen molar-refractivity contribution in [3.05, 3.63) is 54.1 Å². The molecule has 0 aliphatic heterocycles. The highest BCUT2D eigenvalue weighted by Crippen LogP contribution is 2.41. The molecule has 1 atom stereocenters. The Morgan fingerprint density at radius 3 is 2.15 bits per heavy atom. The van der Waals surface area contributed by atoms with E-state index in [4.69, 9.17) is 10.9 Å². The van der Waals surface area contributed by atoms with Crippen molar-refractivity contribution in [2.24, 2.45) is 16.8 Å². The molecule has 27 heavy (non-hydrogen) atoms. The molecule has 6 heteroatoms. The van der Waals surface area contributed by atoms with Gasteiger partial charge < -0.3 is 5.73 Å². The van der Waals surface area contributed by atoms with Crippen LogP contribution in [0, 0.1) is 5.92 Å². The molecule has 1 saturated carbocycles. The number of hydrogen-bond acceptors (Lipinski definition) is 3. The van der Waals surface area contributed by atoms with Crippen LogP contribution in [0.3, 0.4) is 0 Å². The minimum absolute atomic E-state index is 0.0858. The monoisotopic (exact) mass is 386 g/mol. The van der Waals surface area contributed by atoms with Crippen LogP contribution in [0.1, 0.15) is 44.6 Å². The summed E-state index contributed by atoms with van der Waals surface area (Å²) in [5.74, 6) is -0.0848. The first-order valence-electron chi connectivity index (χ1n) is 9.27. The van der Waals surface area contributed by atoms with E-state index in [-0.39, 0.29) is 16.7 Å². The number of benzene rings is 2. The normalized spacial score (nSPS) is 18.0. The fourth-order valence-corrected chi connectivity index (χ4v) is 4.97. The van der Waals surface area contributed by atoms with Gasteiger partial charge in [-0.1, -0.05) is 61.7 Å². The summed E-state index contributed by atoms with van der Waals surface area (Å²) in [4.78, 5) is 12.5. The third-order valence-electron chi connectivity index (χ3n) is 5.92. The molecule has 2 aromatic carbocycles. The number of nitrogens with two attached hydrogens (primary N) is 2. The molecule has 0 bridgehead atoms. The molecule has 1 unspecified atom stereocenters. The van der Waals surface area contributed by atoms with Crippen LogP contribution in [0.5, 0.6) is 0 Å². The SMILES string of the molecule is CC(C(N)=O)(c1ccc(-c2ccccc2S(N)(=O)=O)cc1)C1CCCCC1. The minimum atomic E-state index is -3.82. The topological polar surface area (TPSA) is 103 Å². The Balaban J connectivity index is 2.01.